The molecule has 0 bridgehead atoms. The first-order valence-electron chi connectivity index (χ1n) is 9.48. The number of rotatable bonds is 4. The van der Waals surface area contributed by atoms with Crippen LogP contribution in [0.1, 0.15) is 18.8 Å². The van der Waals surface area contributed by atoms with Crippen LogP contribution in [0.5, 0.6) is 0 Å². The minimum atomic E-state index is -0.440. The molecule has 4 rings (SSSR count). The third-order valence-corrected chi connectivity index (χ3v) is 5.34. The number of nitrogens with one attached hydrogen (secondary N) is 1. The lowest BCUT2D eigenvalue weighted by Crippen LogP contribution is -2.52. The normalized spacial score (nSPS) is 15.3. The molecule has 0 saturated carbocycles. The fourth-order valence-electron chi connectivity index (χ4n) is 3.56. The first-order chi connectivity index (χ1) is 14.4. The maximum atomic E-state index is 12.7. The summed E-state index contributed by atoms with van der Waals surface area (Å²) in [6, 6.07) is 9.69. The summed E-state index contributed by atoms with van der Waals surface area (Å²) >= 11 is 5.90. The van der Waals surface area contributed by atoms with E-state index in [4.69, 9.17) is 11.6 Å². The Morgan fingerprint density at radius 3 is 2.70 bits per heavy atom. The molecule has 1 fully saturated rings. The Bertz CT molecular complexity index is 1090. The molecule has 1 N–H and O–H groups in total. The lowest BCUT2D eigenvalue weighted by Gasteiger charge is -2.36. The Morgan fingerprint density at radius 1 is 1.20 bits per heavy atom. The number of carbonyl (C=O) groups is 1. The molecule has 2 aromatic heterocycles. The van der Waals surface area contributed by atoms with Gasteiger partial charge in [-0.05, 0) is 31.2 Å². The van der Waals surface area contributed by atoms with Gasteiger partial charge in [-0.3, -0.25) is 14.5 Å². The Morgan fingerprint density at radius 2 is 1.97 bits per heavy atom. The second-order valence-corrected chi connectivity index (χ2v) is 7.46. The van der Waals surface area contributed by atoms with Crippen molar-refractivity contribution in [2.24, 2.45) is 0 Å². The quantitative estimate of drug-likeness (QED) is 0.504. The van der Waals surface area contributed by atoms with Gasteiger partial charge >= 0.3 is 6.03 Å². The number of carbonyl (C=O) groups excluding carboxylic acids is 1. The minimum Gasteiger partial charge on any atom is -0.362 e. The van der Waals surface area contributed by atoms with Gasteiger partial charge in [-0.25, -0.2) is 4.79 Å². The van der Waals surface area contributed by atoms with Gasteiger partial charge in [-0.15, -0.1) is 10.2 Å². The van der Waals surface area contributed by atoms with E-state index in [9.17, 15) is 14.9 Å². The van der Waals surface area contributed by atoms with Crippen LogP contribution < -0.4 is 10.2 Å². The lowest BCUT2D eigenvalue weighted by atomic mass is 10.2. The molecule has 1 saturated heterocycles. The number of anilines is 1. The Hall–Kier alpha value is -3.40. The van der Waals surface area contributed by atoms with Crippen molar-refractivity contribution in [1.82, 2.24) is 24.8 Å². The number of nitro groups is 1. The van der Waals surface area contributed by atoms with Crippen LogP contribution in [0.2, 0.25) is 5.02 Å². The number of fused-ring (bicyclic) bond motifs is 1. The zero-order valence-electron chi connectivity index (χ0n) is 16.2. The number of hydrogen-bond donors (Lipinski definition) is 1. The first kappa shape index (κ1) is 19.9. The number of nitrogens with zero attached hydrogens (tertiary/aromatic N) is 6. The van der Waals surface area contributed by atoms with Crippen molar-refractivity contribution in [2.75, 3.05) is 31.1 Å². The summed E-state index contributed by atoms with van der Waals surface area (Å²) in [5.74, 6) is 0.648. The van der Waals surface area contributed by atoms with E-state index in [-0.39, 0.29) is 17.8 Å². The van der Waals surface area contributed by atoms with Gasteiger partial charge in [0.15, 0.2) is 11.5 Å². The highest BCUT2D eigenvalue weighted by Crippen LogP contribution is 2.31. The Labute approximate surface area is 177 Å². The maximum absolute atomic E-state index is 12.7. The first-order valence-corrected chi connectivity index (χ1v) is 9.86. The zero-order chi connectivity index (χ0) is 21.3. The molecule has 1 aliphatic heterocycles. The van der Waals surface area contributed by atoms with Crippen LogP contribution in [0.4, 0.5) is 16.2 Å². The van der Waals surface area contributed by atoms with E-state index in [2.05, 4.69) is 15.5 Å². The largest absolute Gasteiger partial charge is 0.362 e. The summed E-state index contributed by atoms with van der Waals surface area (Å²) in [4.78, 5) is 27.2. The van der Waals surface area contributed by atoms with E-state index in [0.717, 1.165) is 0 Å². The monoisotopic (exact) mass is 429 g/mol. The highest BCUT2D eigenvalue weighted by molar-refractivity contribution is 6.30. The van der Waals surface area contributed by atoms with Crippen LogP contribution in [0.15, 0.2) is 42.6 Å². The van der Waals surface area contributed by atoms with E-state index in [1.165, 1.54) is 6.07 Å². The van der Waals surface area contributed by atoms with Crippen molar-refractivity contribution in [1.29, 1.82) is 0 Å². The van der Waals surface area contributed by atoms with Gasteiger partial charge in [-0.2, -0.15) is 0 Å². The maximum Gasteiger partial charge on any atom is 0.318 e. The van der Waals surface area contributed by atoms with Crippen LogP contribution in [-0.4, -0.2) is 56.6 Å². The van der Waals surface area contributed by atoms with Crippen LogP contribution in [0.3, 0.4) is 0 Å². The number of nitro benzene ring substituents is 1. The average Bonchev–Trinajstić information content (AvgIpc) is 3.18. The van der Waals surface area contributed by atoms with Crippen molar-refractivity contribution < 1.29 is 9.72 Å². The summed E-state index contributed by atoms with van der Waals surface area (Å²) in [6.07, 6.45) is 1.85. The molecule has 0 aliphatic carbocycles. The van der Waals surface area contributed by atoms with E-state index >= 15 is 0 Å². The molecule has 156 valence electrons. The molecule has 2 amide bonds. The molecular weight excluding hydrogens is 410 g/mol. The van der Waals surface area contributed by atoms with E-state index in [0.29, 0.717) is 48.4 Å². The van der Waals surface area contributed by atoms with Crippen LogP contribution in [0.25, 0.3) is 5.65 Å². The second-order valence-electron chi connectivity index (χ2n) is 7.02. The number of amides is 2. The molecule has 1 aliphatic rings. The number of hydrogen-bond acceptors (Lipinski definition) is 6. The summed E-state index contributed by atoms with van der Waals surface area (Å²) in [6.45, 7) is 3.71. The minimum absolute atomic E-state index is 0.0345. The SMILES string of the molecule is CC(NC(=O)N1CCN(c2ccc(Cl)cc2[N+](=O)[O-])CC1)c1nnc2ccccn12. The number of urea groups is 1. The highest BCUT2D eigenvalue weighted by Gasteiger charge is 2.27. The van der Waals surface area contributed by atoms with Gasteiger partial charge in [0.1, 0.15) is 5.69 Å². The highest BCUT2D eigenvalue weighted by atomic mass is 35.5. The van der Waals surface area contributed by atoms with Gasteiger partial charge in [-0.1, -0.05) is 17.7 Å². The number of pyridine rings is 1. The predicted molar refractivity (Wildman–Crippen MR) is 112 cm³/mol. The number of aromatic nitrogens is 3. The molecular formula is C19H20ClN7O3. The fourth-order valence-corrected chi connectivity index (χ4v) is 3.72. The number of halogens is 1. The Kier molecular flexibility index (Phi) is 5.40. The Balaban J connectivity index is 1.40. The molecule has 1 atom stereocenters. The van der Waals surface area contributed by atoms with Gasteiger partial charge in [0.2, 0.25) is 0 Å². The number of benzene rings is 1. The summed E-state index contributed by atoms with van der Waals surface area (Å²) < 4.78 is 1.84. The summed E-state index contributed by atoms with van der Waals surface area (Å²) in [5.41, 5.74) is 1.19. The predicted octanol–water partition coefficient (Wildman–Crippen LogP) is 2.88. The van der Waals surface area contributed by atoms with Crippen molar-refractivity contribution in [3.05, 3.63) is 63.6 Å². The summed E-state index contributed by atoms with van der Waals surface area (Å²) in [5, 5.41) is 22.9. The molecule has 10 nitrogen and oxygen atoms in total. The molecule has 30 heavy (non-hydrogen) atoms. The van der Waals surface area contributed by atoms with Crippen LogP contribution in [-0.2, 0) is 0 Å². The molecule has 3 heterocycles. The van der Waals surface area contributed by atoms with Crippen LogP contribution in [0, 0.1) is 10.1 Å². The van der Waals surface area contributed by atoms with Crippen molar-refractivity contribution in [3.8, 4) is 0 Å². The molecule has 11 heteroatoms. The lowest BCUT2D eigenvalue weighted by molar-refractivity contribution is -0.384. The number of piperazine rings is 1. The molecule has 1 aromatic carbocycles. The van der Waals surface area contributed by atoms with E-state index in [1.807, 2.05) is 40.6 Å². The third-order valence-electron chi connectivity index (χ3n) is 5.11. The van der Waals surface area contributed by atoms with Gasteiger partial charge in [0, 0.05) is 43.5 Å². The smallest absolute Gasteiger partial charge is 0.318 e. The topological polar surface area (TPSA) is 109 Å². The third kappa shape index (κ3) is 3.86. The van der Waals surface area contributed by atoms with Gasteiger partial charge in [0.25, 0.3) is 5.69 Å². The molecule has 0 spiro atoms. The van der Waals surface area contributed by atoms with Gasteiger partial charge < -0.3 is 15.1 Å². The average molecular weight is 430 g/mol. The standard InChI is InChI=1S/C19H20ClN7O3/c1-13(18-23-22-17-4-2-3-7-26(17)18)21-19(28)25-10-8-24(9-11-25)15-6-5-14(20)12-16(15)27(29)30/h2-7,12-13H,8-11H2,1H3,(H,21,28). The molecule has 1 unspecified atom stereocenters. The zero-order valence-corrected chi connectivity index (χ0v) is 17.0. The van der Waals surface area contributed by atoms with Crippen LogP contribution >= 0.6 is 11.6 Å². The van der Waals surface area contributed by atoms with E-state index < -0.39 is 4.92 Å². The molecule has 0 radical (unpaired) electrons. The van der Waals surface area contributed by atoms with Crippen molar-refractivity contribution in [2.45, 2.75) is 13.0 Å². The second kappa shape index (κ2) is 8.15. The molecule has 3 aromatic rings. The van der Waals surface area contributed by atoms with Crippen molar-refractivity contribution >= 4 is 34.7 Å². The summed E-state index contributed by atoms with van der Waals surface area (Å²) in [7, 11) is 0. The van der Waals surface area contributed by atoms with Crippen molar-refractivity contribution in [3.63, 3.8) is 0 Å². The fraction of sp³-hybridized carbons (Fsp3) is 0.316. The van der Waals surface area contributed by atoms with E-state index in [1.54, 1.807) is 17.0 Å². The van der Waals surface area contributed by atoms with Gasteiger partial charge in [0.05, 0.1) is 11.0 Å².